The van der Waals surface area contributed by atoms with Gasteiger partial charge in [-0.2, -0.15) is 0 Å². The molecule has 0 aromatic heterocycles. The van der Waals surface area contributed by atoms with Gasteiger partial charge in [-0.1, -0.05) is 32.6 Å². The van der Waals surface area contributed by atoms with Crippen LogP contribution in [0, 0.1) is 22.0 Å². The summed E-state index contributed by atoms with van der Waals surface area (Å²) in [5, 5.41) is 10.5. The van der Waals surface area contributed by atoms with Gasteiger partial charge in [0.15, 0.2) is 0 Å². The Hall–Kier alpha value is -0.930. The van der Waals surface area contributed by atoms with Gasteiger partial charge in [0.05, 0.1) is 0 Å². The topological polar surface area (TPSA) is 60.2 Å². The Bertz CT molecular complexity index is 253. The van der Waals surface area contributed by atoms with Crippen molar-refractivity contribution in [3.63, 3.8) is 0 Å². The second-order valence-corrected chi connectivity index (χ2v) is 4.74. The number of carbonyl (C=O) groups is 1. The molecule has 1 saturated carbocycles. The highest BCUT2D eigenvalue weighted by molar-refractivity contribution is 5.83. The predicted molar refractivity (Wildman–Crippen MR) is 61.8 cm³/mol. The Labute approximate surface area is 96.6 Å². The van der Waals surface area contributed by atoms with Crippen LogP contribution in [0.5, 0.6) is 0 Å². The Morgan fingerprint density at radius 3 is 2.75 bits per heavy atom. The highest BCUT2D eigenvalue weighted by atomic mass is 16.6. The maximum absolute atomic E-state index is 11.6. The molecule has 0 aromatic carbocycles. The molecule has 0 heterocycles. The molecule has 4 nitrogen and oxygen atoms in total. The third-order valence-corrected chi connectivity index (χ3v) is 3.50. The molecule has 92 valence electrons. The molecule has 0 amide bonds. The van der Waals surface area contributed by atoms with Crippen LogP contribution in [0.25, 0.3) is 0 Å². The first-order valence-corrected chi connectivity index (χ1v) is 6.29. The van der Waals surface area contributed by atoms with Gasteiger partial charge in [0.25, 0.3) is 0 Å². The maximum atomic E-state index is 11.6. The van der Waals surface area contributed by atoms with E-state index in [1.165, 1.54) is 12.8 Å². The van der Waals surface area contributed by atoms with Crippen LogP contribution < -0.4 is 0 Å². The van der Waals surface area contributed by atoms with Crippen molar-refractivity contribution in [3.8, 4) is 0 Å². The minimum atomic E-state index is -0.275. The monoisotopic (exact) mass is 227 g/mol. The summed E-state index contributed by atoms with van der Waals surface area (Å²) in [6.45, 7) is 2.13. The average Bonchev–Trinajstić information content (AvgIpc) is 2.55. The van der Waals surface area contributed by atoms with E-state index in [2.05, 4.69) is 6.92 Å². The van der Waals surface area contributed by atoms with Gasteiger partial charge in [0.1, 0.15) is 5.78 Å². The highest BCUT2D eigenvalue weighted by Gasteiger charge is 2.36. The molecule has 16 heavy (non-hydrogen) atoms. The molecule has 1 aliphatic carbocycles. The van der Waals surface area contributed by atoms with E-state index in [0.29, 0.717) is 6.42 Å². The van der Waals surface area contributed by atoms with E-state index in [-0.39, 0.29) is 29.1 Å². The molecule has 0 aliphatic heterocycles. The van der Waals surface area contributed by atoms with Crippen molar-refractivity contribution >= 4 is 5.78 Å². The van der Waals surface area contributed by atoms with Gasteiger partial charge >= 0.3 is 0 Å². The van der Waals surface area contributed by atoms with Gasteiger partial charge in [-0.15, -0.1) is 0 Å². The lowest BCUT2D eigenvalue weighted by Gasteiger charge is -2.14. The van der Waals surface area contributed by atoms with Crippen molar-refractivity contribution in [2.24, 2.45) is 11.8 Å². The molecule has 1 fully saturated rings. The summed E-state index contributed by atoms with van der Waals surface area (Å²) >= 11 is 0. The molecule has 0 N–H and O–H groups in total. The third-order valence-electron chi connectivity index (χ3n) is 3.50. The molecule has 4 heteroatoms. The number of ketones is 1. The van der Waals surface area contributed by atoms with Crippen molar-refractivity contribution in [1.29, 1.82) is 0 Å². The zero-order valence-electron chi connectivity index (χ0n) is 9.98. The fourth-order valence-corrected chi connectivity index (χ4v) is 2.57. The van der Waals surface area contributed by atoms with Gasteiger partial charge < -0.3 is 0 Å². The summed E-state index contributed by atoms with van der Waals surface area (Å²) in [5.41, 5.74) is 0. The molecular weight excluding hydrogens is 206 g/mol. The summed E-state index contributed by atoms with van der Waals surface area (Å²) in [6, 6.07) is 0. The molecule has 0 saturated heterocycles. The van der Waals surface area contributed by atoms with Crippen LogP contribution in [0.15, 0.2) is 0 Å². The van der Waals surface area contributed by atoms with E-state index in [0.717, 1.165) is 25.7 Å². The number of carbonyl (C=O) groups excluding carboxylic acids is 1. The Balaban J connectivity index is 2.34. The molecule has 1 aliphatic rings. The van der Waals surface area contributed by atoms with E-state index in [1.54, 1.807) is 0 Å². The third kappa shape index (κ3) is 3.91. The van der Waals surface area contributed by atoms with Crippen molar-refractivity contribution < 1.29 is 9.72 Å². The summed E-state index contributed by atoms with van der Waals surface area (Å²) in [7, 11) is 0. The minimum absolute atomic E-state index is 0.00382. The largest absolute Gasteiger partial charge is 0.299 e. The zero-order valence-corrected chi connectivity index (χ0v) is 9.98. The van der Waals surface area contributed by atoms with Gasteiger partial charge in [0, 0.05) is 23.2 Å². The second kappa shape index (κ2) is 6.61. The Morgan fingerprint density at radius 2 is 2.12 bits per heavy atom. The van der Waals surface area contributed by atoms with E-state index in [1.807, 2.05) is 0 Å². The maximum Gasteiger partial charge on any atom is 0.207 e. The first kappa shape index (κ1) is 13.1. The molecule has 2 unspecified atom stereocenters. The summed E-state index contributed by atoms with van der Waals surface area (Å²) < 4.78 is 0. The molecular formula is C12H21NO3. The van der Waals surface area contributed by atoms with Crippen molar-refractivity contribution in [3.05, 3.63) is 10.1 Å². The highest BCUT2D eigenvalue weighted by Crippen LogP contribution is 2.32. The van der Waals surface area contributed by atoms with Crippen molar-refractivity contribution in [2.75, 3.05) is 6.54 Å². The van der Waals surface area contributed by atoms with Crippen molar-refractivity contribution in [1.82, 2.24) is 0 Å². The summed E-state index contributed by atoms with van der Waals surface area (Å²) in [4.78, 5) is 21.8. The Morgan fingerprint density at radius 1 is 1.38 bits per heavy atom. The summed E-state index contributed by atoms with van der Waals surface area (Å²) in [6.07, 6.45) is 6.69. The van der Waals surface area contributed by atoms with E-state index < -0.39 is 0 Å². The number of nitro groups is 1. The number of Topliss-reactive ketones (excluding diaryl/α,β-unsaturated/α-hetero) is 1. The number of nitrogens with zero attached hydrogens (tertiary/aromatic N) is 1. The smallest absolute Gasteiger partial charge is 0.207 e. The first-order valence-electron chi connectivity index (χ1n) is 6.29. The van der Waals surface area contributed by atoms with E-state index in [4.69, 9.17) is 0 Å². The van der Waals surface area contributed by atoms with Gasteiger partial charge in [-0.25, -0.2) is 0 Å². The quantitative estimate of drug-likeness (QED) is 0.381. The first-order chi connectivity index (χ1) is 7.65. The minimum Gasteiger partial charge on any atom is -0.299 e. The van der Waals surface area contributed by atoms with Crippen LogP contribution in [0.3, 0.4) is 0 Å². The Kier molecular flexibility index (Phi) is 5.43. The van der Waals surface area contributed by atoms with Crippen LogP contribution in [0.2, 0.25) is 0 Å². The molecule has 0 aromatic rings. The fraction of sp³-hybridized carbons (Fsp3) is 0.917. The molecule has 0 radical (unpaired) electrons. The van der Waals surface area contributed by atoms with Crippen LogP contribution in [-0.2, 0) is 4.79 Å². The number of hydrogen-bond acceptors (Lipinski definition) is 3. The standard InChI is InChI=1S/C12H21NO3/c1-2-3-4-5-6-11-10(9-13(15)16)7-8-12(11)14/h10-11H,2-9H2,1H3. The van der Waals surface area contributed by atoms with Gasteiger partial charge in [0.2, 0.25) is 6.54 Å². The summed E-state index contributed by atoms with van der Waals surface area (Å²) in [5.74, 6) is 0.231. The van der Waals surface area contributed by atoms with Crippen LogP contribution in [0.4, 0.5) is 0 Å². The molecule has 1 rings (SSSR count). The van der Waals surface area contributed by atoms with E-state index >= 15 is 0 Å². The zero-order chi connectivity index (χ0) is 12.0. The number of hydrogen-bond donors (Lipinski definition) is 0. The average molecular weight is 227 g/mol. The number of unbranched alkanes of at least 4 members (excludes halogenated alkanes) is 3. The normalized spacial score (nSPS) is 24.9. The van der Waals surface area contributed by atoms with Crippen LogP contribution in [0.1, 0.15) is 51.9 Å². The molecule has 0 bridgehead atoms. The van der Waals surface area contributed by atoms with Crippen LogP contribution >= 0.6 is 0 Å². The number of rotatable bonds is 7. The lowest BCUT2D eigenvalue weighted by atomic mass is 9.90. The lowest BCUT2D eigenvalue weighted by molar-refractivity contribution is -0.489. The second-order valence-electron chi connectivity index (χ2n) is 4.74. The van der Waals surface area contributed by atoms with Crippen LogP contribution in [-0.4, -0.2) is 17.3 Å². The lowest BCUT2D eigenvalue weighted by Crippen LogP contribution is -2.21. The van der Waals surface area contributed by atoms with Gasteiger partial charge in [-0.3, -0.25) is 14.9 Å². The SMILES string of the molecule is CCCCCCC1C(=O)CCC1C[N+](=O)[O-]. The fourth-order valence-electron chi connectivity index (χ4n) is 2.57. The van der Waals surface area contributed by atoms with E-state index in [9.17, 15) is 14.9 Å². The molecule has 2 atom stereocenters. The predicted octanol–water partition coefficient (Wildman–Crippen LogP) is 2.83. The van der Waals surface area contributed by atoms with Gasteiger partial charge in [-0.05, 0) is 12.8 Å². The van der Waals surface area contributed by atoms with Crippen molar-refractivity contribution in [2.45, 2.75) is 51.9 Å². The molecule has 0 spiro atoms.